The molecule has 0 fully saturated rings. The smallest absolute Gasteiger partial charge is 0.119 e. The molecule has 5 nitrogen and oxygen atoms in total. The van der Waals surface area contributed by atoms with Gasteiger partial charge in [0.05, 0.1) is 12.3 Å². The molecule has 96 valence electrons. The van der Waals surface area contributed by atoms with Crippen LogP contribution in [0.2, 0.25) is 0 Å². The summed E-state index contributed by atoms with van der Waals surface area (Å²) in [4.78, 5) is 0. The number of aromatic nitrogens is 3. The summed E-state index contributed by atoms with van der Waals surface area (Å²) in [5.74, 6) is 0.909. The van der Waals surface area contributed by atoms with Crippen LogP contribution in [0.5, 0.6) is 5.75 Å². The summed E-state index contributed by atoms with van der Waals surface area (Å²) in [6, 6.07) is 9.83. The first-order valence-electron chi connectivity index (χ1n) is 6.10. The van der Waals surface area contributed by atoms with Gasteiger partial charge in [-0.3, -0.25) is 4.68 Å². The van der Waals surface area contributed by atoms with Gasteiger partial charge in [-0.05, 0) is 19.2 Å². The summed E-state index contributed by atoms with van der Waals surface area (Å²) >= 11 is 0. The van der Waals surface area contributed by atoms with Crippen molar-refractivity contribution < 1.29 is 4.74 Å². The topological polar surface area (TPSA) is 52.0 Å². The molecule has 0 aliphatic rings. The van der Waals surface area contributed by atoms with Gasteiger partial charge in [0.15, 0.2) is 0 Å². The van der Waals surface area contributed by atoms with Crippen molar-refractivity contribution in [1.82, 2.24) is 20.3 Å². The molecule has 0 aliphatic heterocycles. The molecule has 1 N–H and O–H groups in total. The van der Waals surface area contributed by atoms with Crippen LogP contribution in [0, 0.1) is 0 Å². The number of benzene rings is 1. The second-order valence-corrected chi connectivity index (χ2v) is 4.02. The number of hydrogen-bond acceptors (Lipinski definition) is 4. The van der Waals surface area contributed by atoms with Gasteiger partial charge in [-0.15, -0.1) is 5.10 Å². The van der Waals surface area contributed by atoms with Crippen LogP contribution in [0.3, 0.4) is 0 Å². The molecule has 18 heavy (non-hydrogen) atoms. The van der Waals surface area contributed by atoms with Gasteiger partial charge in [0.1, 0.15) is 5.75 Å². The molecule has 2 aromatic rings. The zero-order valence-electron chi connectivity index (χ0n) is 10.5. The third kappa shape index (κ3) is 3.85. The fraction of sp³-hybridized carbons (Fsp3) is 0.385. The molecular formula is C13H18N4O. The normalized spacial score (nSPS) is 10.5. The van der Waals surface area contributed by atoms with E-state index in [9.17, 15) is 0 Å². The van der Waals surface area contributed by atoms with Gasteiger partial charge in [-0.2, -0.15) is 0 Å². The lowest BCUT2D eigenvalue weighted by atomic mass is 10.3. The molecule has 0 aliphatic carbocycles. The lowest BCUT2D eigenvalue weighted by Gasteiger charge is -2.05. The van der Waals surface area contributed by atoms with Crippen molar-refractivity contribution in [1.29, 1.82) is 0 Å². The van der Waals surface area contributed by atoms with Crippen LogP contribution < -0.4 is 10.1 Å². The average molecular weight is 246 g/mol. The summed E-state index contributed by atoms with van der Waals surface area (Å²) in [5, 5.41) is 11.1. The highest BCUT2D eigenvalue weighted by atomic mass is 16.5. The van der Waals surface area contributed by atoms with E-state index in [0.29, 0.717) is 6.61 Å². The van der Waals surface area contributed by atoms with E-state index in [4.69, 9.17) is 4.74 Å². The largest absolute Gasteiger partial charge is 0.494 e. The summed E-state index contributed by atoms with van der Waals surface area (Å²) in [6.45, 7) is 2.26. The highest BCUT2D eigenvalue weighted by Gasteiger charge is 1.99. The number of hydrogen-bond donors (Lipinski definition) is 1. The molecule has 1 aromatic heterocycles. The zero-order valence-corrected chi connectivity index (χ0v) is 10.5. The van der Waals surface area contributed by atoms with Crippen LogP contribution in [0.4, 0.5) is 0 Å². The predicted molar refractivity (Wildman–Crippen MR) is 69.3 cm³/mol. The number of nitrogens with zero attached hydrogens (tertiary/aromatic N) is 3. The van der Waals surface area contributed by atoms with E-state index in [1.807, 2.05) is 48.3 Å². The number of ether oxygens (including phenoxy) is 1. The molecule has 0 saturated carbocycles. The maximum absolute atomic E-state index is 5.61. The molecule has 0 unspecified atom stereocenters. The molecule has 0 atom stereocenters. The summed E-state index contributed by atoms with van der Waals surface area (Å²) in [6.07, 6.45) is 2.87. The third-order valence-electron chi connectivity index (χ3n) is 2.49. The van der Waals surface area contributed by atoms with Crippen molar-refractivity contribution in [3.05, 3.63) is 42.2 Å². The van der Waals surface area contributed by atoms with Crippen LogP contribution in [0.25, 0.3) is 0 Å². The fourth-order valence-corrected chi connectivity index (χ4v) is 1.64. The van der Waals surface area contributed by atoms with Crippen molar-refractivity contribution in [3.63, 3.8) is 0 Å². The molecule has 0 amide bonds. The third-order valence-corrected chi connectivity index (χ3v) is 2.49. The molecule has 5 heteroatoms. The monoisotopic (exact) mass is 246 g/mol. The Balaban J connectivity index is 1.68. The molecule has 0 radical (unpaired) electrons. The highest BCUT2D eigenvalue weighted by molar-refractivity contribution is 5.20. The molecule has 1 aromatic carbocycles. The van der Waals surface area contributed by atoms with E-state index in [1.54, 1.807) is 0 Å². The standard InChI is InChI=1S/C13H18N4O/c1-14-10-12-11-17(16-15-12)8-5-9-18-13-6-3-2-4-7-13/h2-4,6-7,11,14H,5,8-10H2,1H3. The highest BCUT2D eigenvalue weighted by Crippen LogP contribution is 2.08. The van der Waals surface area contributed by atoms with E-state index in [0.717, 1.165) is 31.0 Å². The maximum Gasteiger partial charge on any atom is 0.119 e. The van der Waals surface area contributed by atoms with Crippen LogP contribution in [0.15, 0.2) is 36.5 Å². The van der Waals surface area contributed by atoms with Crippen molar-refractivity contribution in [2.24, 2.45) is 0 Å². The van der Waals surface area contributed by atoms with E-state index in [2.05, 4.69) is 15.6 Å². The number of rotatable bonds is 7. The van der Waals surface area contributed by atoms with Gasteiger partial charge in [0, 0.05) is 25.7 Å². The minimum absolute atomic E-state index is 0.686. The summed E-state index contributed by atoms with van der Waals surface area (Å²) in [5.41, 5.74) is 0.960. The summed E-state index contributed by atoms with van der Waals surface area (Å²) < 4.78 is 7.46. The van der Waals surface area contributed by atoms with Gasteiger partial charge in [-0.25, -0.2) is 0 Å². The lowest BCUT2D eigenvalue weighted by molar-refractivity contribution is 0.298. The summed E-state index contributed by atoms with van der Waals surface area (Å²) in [7, 11) is 1.90. The first-order chi connectivity index (χ1) is 8.88. The SMILES string of the molecule is CNCc1cn(CCCOc2ccccc2)nn1. The van der Waals surface area contributed by atoms with E-state index >= 15 is 0 Å². The van der Waals surface area contributed by atoms with Gasteiger partial charge < -0.3 is 10.1 Å². The fourth-order valence-electron chi connectivity index (χ4n) is 1.64. The Hall–Kier alpha value is -1.88. The Morgan fingerprint density at radius 2 is 2.11 bits per heavy atom. The average Bonchev–Trinajstić information content (AvgIpc) is 2.84. The van der Waals surface area contributed by atoms with Gasteiger partial charge >= 0.3 is 0 Å². The maximum atomic E-state index is 5.61. The van der Waals surface area contributed by atoms with Gasteiger partial charge in [0.25, 0.3) is 0 Å². The zero-order chi connectivity index (χ0) is 12.6. The molecular weight excluding hydrogens is 228 g/mol. The van der Waals surface area contributed by atoms with Crippen molar-refractivity contribution in [2.75, 3.05) is 13.7 Å². The van der Waals surface area contributed by atoms with Crippen LogP contribution in [-0.4, -0.2) is 28.6 Å². The van der Waals surface area contributed by atoms with Crippen LogP contribution >= 0.6 is 0 Å². The number of aryl methyl sites for hydroxylation is 1. The second-order valence-electron chi connectivity index (χ2n) is 4.02. The van der Waals surface area contributed by atoms with E-state index < -0.39 is 0 Å². The lowest BCUT2D eigenvalue weighted by Crippen LogP contribution is -2.06. The Kier molecular flexibility index (Phi) is 4.72. The molecule has 1 heterocycles. The Morgan fingerprint density at radius 1 is 1.28 bits per heavy atom. The number of para-hydroxylation sites is 1. The van der Waals surface area contributed by atoms with E-state index in [-0.39, 0.29) is 0 Å². The minimum Gasteiger partial charge on any atom is -0.494 e. The van der Waals surface area contributed by atoms with Crippen LogP contribution in [-0.2, 0) is 13.1 Å². The predicted octanol–water partition coefficient (Wildman–Crippen LogP) is 1.47. The first kappa shape index (κ1) is 12.6. The Bertz CT molecular complexity index is 455. The van der Waals surface area contributed by atoms with Gasteiger partial charge in [0.2, 0.25) is 0 Å². The Labute approximate surface area is 107 Å². The first-order valence-corrected chi connectivity index (χ1v) is 6.10. The van der Waals surface area contributed by atoms with Crippen molar-refractivity contribution >= 4 is 0 Å². The molecule has 0 spiro atoms. The molecule has 2 rings (SSSR count). The Morgan fingerprint density at radius 3 is 2.89 bits per heavy atom. The van der Waals surface area contributed by atoms with E-state index in [1.165, 1.54) is 0 Å². The minimum atomic E-state index is 0.686. The molecule has 0 saturated heterocycles. The van der Waals surface area contributed by atoms with Crippen LogP contribution in [0.1, 0.15) is 12.1 Å². The number of nitrogens with one attached hydrogen (secondary N) is 1. The van der Waals surface area contributed by atoms with Crippen molar-refractivity contribution in [3.8, 4) is 5.75 Å². The second kappa shape index (κ2) is 6.76. The quantitative estimate of drug-likeness (QED) is 0.752. The van der Waals surface area contributed by atoms with Crippen molar-refractivity contribution in [2.45, 2.75) is 19.5 Å². The van der Waals surface area contributed by atoms with Gasteiger partial charge in [-0.1, -0.05) is 23.4 Å². The molecule has 0 bridgehead atoms.